The van der Waals surface area contributed by atoms with Gasteiger partial charge in [0.25, 0.3) is 5.91 Å². The average molecular weight is 453 g/mol. The maximum Gasteiger partial charge on any atom is 0.255 e. The van der Waals surface area contributed by atoms with Gasteiger partial charge in [0.1, 0.15) is 5.75 Å². The Balaban J connectivity index is 1.59. The molecule has 0 radical (unpaired) electrons. The van der Waals surface area contributed by atoms with Crippen LogP contribution in [0.15, 0.2) is 83.8 Å². The number of amides is 1. The van der Waals surface area contributed by atoms with Crippen molar-refractivity contribution in [1.82, 2.24) is 4.72 Å². The van der Waals surface area contributed by atoms with Crippen molar-refractivity contribution in [3.63, 3.8) is 0 Å². The predicted molar refractivity (Wildman–Crippen MR) is 127 cm³/mol. The van der Waals surface area contributed by atoms with Gasteiger partial charge in [-0.15, -0.1) is 0 Å². The van der Waals surface area contributed by atoms with E-state index in [1.165, 1.54) is 17.7 Å². The molecule has 6 nitrogen and oxygen atoms in total. The van der Waals surface area contributed by atoms with Gasteiger partial charge in [0.15, 0.2) is 0 Å². The van der Waals surface area contributed by atoms with E-state index < -0.39 is 10.0 Å². The highest BCUT2D eigenvalue weighted by Gasteiger charge is 2.16. The van der Waals surface area contributed by atoms with Gasteiger partial charge in [-0.3, -0.25) is 4.79 Å². The Hall–Kier alpha value is -3.16. The molecule has 0 spiro atoms. The summed E-state index contributed by atoms with van der Waals surface area (Å²) in [5, 5.41) is 2.79. The van der Waals surface area contributed by atoms with Crippen LogP contribution in [0.1, 0.15) is 36.2 Å². The summed E-state index contributed by atoms with van der Waals surface area (Å²) < 4.78 is 33.1. The van der Waals surface area contributed by atoms with Crippen LogP contribution in [0.3, 0.4) is 0 Å². The van der Waals surface area contributed by atoms with E-state index in [1.807, 2.05) is 50.2 Å². The minimum atomic E-state index is -3.58. The Labute approximate surface area is 189 Å². The SMILES string of the molecule is CCC(C)NS(=O)(=O)c1ccc(NC(=O)c2cccc(OCCc3ccccc3)c2)cc1. The normalized spacial score (nSPS) is 12.2. The number of ether oxygens (including phenoxy) is 1. The van der Waals surface area contributed by atoms with E-state index in [2.05, 4.69) is 10.0 Å². The van der Waals surface area contributed by atoms with Crippen LogP contribution in [0.4, 0.5) is 5.69 Å². The van der Waals surface area contributed by atoms with E-state index in [0.29, 0.717) is 30.0 Å². The molecule has 0 saturated heterocycles. The molecule has 0 aromatic heterocycles. The molecule has 3 aromatic rings. The fraction of sp³-hybridized carbons (Fsp3) is 0.240. The van der Waals surface area contributed by atoms with Crippen LogP contribution in [-0.4, -0.2) is 27.0 Å². The molecule has 2 N–H and O–H groups in total. The van der Waals surface area contributed by atoms with Gasteiger partial charge in [-0.05, 0) is 61.4 Å². The first-order chi connectivity index (χ1) is 15.4. The number of carbonyl (C=O) groups excluding carboxylic acids is 1. The van der Waals surface area contributed by atoms with Crippen molar-refractivity contribution in [2.24, 2.45) is 0 Å². The fourth-order valence-electron chi connectivity index (χ4n) is 3.00. The molecule has 1 unspecified atom stereocenters. The lowest BCUT2D eigenvalue weighted by Crippen LogP contribution is -2.31. The van der Waals surface area contributed by atoms with E-state index in [4.69, 9.17) is 4.74 Å². The summed E-state index contributed by atoms with van der Waals surface area (Å²) in [6, 6.07) is 23.0. The third-order valence-electron chi connectivity index (χ3n) is 4.99. The molecule has 7 heteroatoms. The molecule has 0 fully saturated rings. The molecule has 0 aliphatic heterocycles. The average Bonchev–Trinajstić information content (AvgIpc) is 2.80. The quantitative estimate of drug-likeness (QED) is 0.469. The Bertz CT molecular complexity index is 1130. The predicted octanol–water partition coefficient (Wildman–Crippen LogP) is 4.64. The van der Waals surface area contributed by atoms with Crippen molar-refractivity contribution in [1.29, 1.82) is 0 Å². The zero-order valence-corrected chi connectivity index (χ0v) is 19.1. The lowest BCUT2D eigenvalue weighted by atomic mass is 10.1. The van der Waals surface area contributed by atoms with Crippen LogP contribution >= 0.6 is 0 Å². The summed E-state index contributed by atoms with van der Waals surface area (Å²) in [6.45, 7) is 4.23. The zero-order valence-electron chi connectivity index (χ0n) is 18.2. The smallest absolute Gasteiger partial charge is 0.255 e. The summed E-state index contributed by atoms with van der Waals surface area (Å²) >= 11 is 0. The van der Waals surface area contributed by atoms with Gasteiger partial charge in [-0.25, -0.2) is 13.1 Å². The molecule has 1 atom stereocenters. The molecule has 0 heterocycles. The van der Waals surface area contributed by atoms with Crippen molar-refractivity contribution >= 4 is 21.6 Å². The number of rotatable bonds is 10. The summed E-state index contributed by atoms with van der Waals surface area (Å²) in [5.74, 6) is 0.318. The Morgan fingerprint density at radius 3 is 2.38 bits per heavy atom. The highest BCUT2D eigenvalue weighted by molar-refractivity contribution is 7.89. The van der Waals surface area contributed by atoms with E-state index in [0.717, 1.165) is 6.42 Å². The van der Waals surface area contributed by atoms with E-state index in [-0.39, 0.29) is 16.8 Å². The second-order valence-corrected chi connectivity index (χ2v) is 9.23. The van der Waals surface area contributed by atoms with E-state index in [9.17, 15) is 13.2 Å². The Kier molecular flexibility index (Phi) is 8.03. The number of hydrogen-bond donors (Lipinski definition) is 2. The van der Waals surface area contributed by atoms with Gasteiger partial charge < -0.3 is 10.1 Å². The maximum absolute atomic E-state index is 12.6. The third-order valence-corrected chi connectivity index (χ3v) is 6.60. The van der Waals surface area contributed by atoms with Crippen LogP contribution in [0, 0.1) is 0 Å². The molecule has 168 valence electrons. The van der Waals surface area contributed by atoms with Crippen LogP contribution < -0.4 is 14.8 Å². The van der Waals surface area contributed by atoms with Crippen molar-refractivity contribution in [3.05, 3.63) is 90.0 Å². The number of nitrogens with one attached hydrogen (secondary N) is 2. The molecule has 0 aliphatic rings. The van der Waals surface area contributed by atoms with Crippen molar-refractivity contribution < 1.29 is 17.9 Å². The van der Waals surface area contributed by atoms with Crippen LogP contribution in [0.25, 0.3) is 0 Å². The zero-order chi connectivity index (χ0) is 23.0. The van der Waals surface area contributed by atoms with Gasteiger partial charge in [-0.1, -0.05) is 43.3 Å². The molecule has 0 bridgehead atoms. The van der Waals surface area contributed by atoms with Gasteiger partial charge in [0.2, 0.25) is 10.0 Å². The molecular weight excluding hydrogens is 424 g/mol. The lowest BCUT2D eigenvalue weighted by Gasteiger charge is -2.13. The summed E-state index contributed by atoms with van der Waals surface area (Å²) in [7, 11) is -3.58. The maximum atomic E-state index is 12.6. The van der Waals surface area contributed by atoms with Crippen molar-refractivity contribution in [2.75, 3.05) is 11.9 Å². The molecule has 0 saturated carbocycles. The Morgan fingerprint density at radius 1 is 0.969 bits per heavy atom. The van der Waals surface area contributed by atoms with Crippen LogP contribution in [0.2, 0.25) is 0 Å². The number of hydrogen-bond acceptors (Lipinski definition) is 4. The second kappa shape index (κ2) is 10.9. The molecule has 32 heavy (non-hydrogen) atoms. The van der Waals surface area contributed by atoms with Gasteiger partial charge >= 0.3 is 0 Å². The monoisotopic (exact) mass is 452 g/mol. The molecular formula is C25H28N2O4S. The molecule has 3 aromatic carbocycles. The first kappa shape index (κ1) is 23.5. The van der Waals surface area contributed by atoms with Crippen LogP contribution in [0.5, 0.6) is 5.75 Å². The first-order valence-electron chi connectivity index (χ1n) is 10.6. The lowest BCUT2D eigenvalue weighted by molar-refractivity contribution is 0.102. The highest BCUT2D eigenvalue weighted by Crippen LogP contribution is 2.18. The third kappa shape index (κ3) is 6.67. The standard InChI is InChI=1S/C25H28N2O4S/c1-3-19(2)27-32(29,30)24-14-12-22(13-15-24)26-25(28)21-10-7-11-23(18-21)31-17-16-20-8-5-4-6-9-20/h4-15,18-19,27H,3,16-17H2,1-2H3,(H,26,28). The van der Waals surface area contributed by atoms with E-state index >= 15 is 0 Å². The topological polar surface area (TPSA) is 84.5 Å². The molecule has 0 aliphatic carbocycles. The second-order valence-electron chi connectivity index (χ2n) is 7.52. The van der Waals surface area contributed by atoms with E-state index in [1.54, 1.807) is 30.3 Å². The summed E-state index contributed by atoms with van der Waals surface area (Å²) in [5.41, 5.74) is 2.15. The minimum absolute atomic E-state index is 0.151. The Morgan fingerprint density at radius 2 is 1.69 bits per heavy atom. The summed E-state index contributed by atoms with van der Waals surface area (Å²) in [4.78, 5) is 12.8. The number of benzene rings is 3. The number of anilines is 1. The first-order valence-corrected chi connectivity index (χ1v) is 12.1. The van der Waals surface area contributed by atoms with Crippen molar-refractivity contribution in [2.45, 2.75) is 37.6 Å². The highest BCUT2D eigenvalue weighted by atomic mass is 32.2. The summed E-state index contributed by atoms with van der Waals surface area (Å²) in [6.07, 6.45) is 1.47. The molecule has 1 amide bonds. The fourth-order valence-corrected chi connectivity index (χ4v) is 4.32. The minimum Gasteiger partial charge on any atom is -0.493 e. The number of carbonyl (C=O) groups is 1. The van der Waals surface area contributed by atoms with Gasteiger partial charge in [0.05, 0.1) is 11.5 Å². The van der Waals surface area contributed by atoms with Crippen molar-refractivity contribution in [3.8, 4) is 5.75 Å². The molecule has 3 rings (SSSR count). The largest absolute Gasteiger partial charge is 0.493 e. The van der Waals surface area contributed by atoms with Gasteiger partial charge in [-0.2, -0.15) is 0 Å². The van der Waals surface area contributed by atoms with Gasteiger partial charge in [0, 0.05) is 23.7 Å². The van der Waals surface area contributed by atoms with Crippen LogP contribution in [-0.2, 0) is 16.4 Å². The number of sulfonamides is 1.